The molecule has 7 aromatic rings. The van der Waals surface area contributed by atoms with E-state index >= 15 is 0 Å². The quantitative estimate of drug-likeness (QED) is 0.0289. The Morgan fingerprint density at radius 1 is 0.670 bits per heavy atom. The number of amides is 7. The summed E-state index contributed by atoms with van der Waals surface area (Å²) in [6.45, 7) is 9.99. The van der Waals surface area contributed by atoms with Gasteiger partial charge in [-0.2, -0.15) is 0 Å². The maximum absolute atomic E-state index is 14.1. The van der Waals surface area contributed by atoms with E-state index in [1.54, 1.807) is 53.4 Å². The van der Waals surface area contributed by atoms with Crippen molar-refractivity contribution in [1.82, 2.24) is 67.4 Å². The minimum Gasteiger partial charge on any atom is -0.465 e. The number of likely N-dealkylation sites (tertiary alicyclic amines) is 1. The Balaban J connectivity index is 0.000000229. The minimum atomic E-state index is -1.05. The van der Waals surface area contributed by atoms with E-state index in [2.05, 4.69) is 88.7 Å². The van der Waals surface area contributed by atoms with Gasteiger partial charge in [-0.15, -0.1) is 10.2 Å². The molecule has 10 rings (SSSR count). The molecule has 5 aromatic carbocycles. The van der Waals surface area contributed by atoms with Crippen molar-refractivity contribution >= 4 is 69.0 Å². The summed E-state index contributed by atoms with van der Waals surface area (Å²) in [5.74, 6) is -0.504. The molecular weight excluding hydrogens is 1260 g/mol. The number of nitrogens with two attached hydrogens (primary N) is 1. The summed E-state index contributed by atoms with van der Waals surface area (Å²) < 4.78 is 6.21. The van der Waals surface area contributed by atoms with Crippen molar-refractivity contribution in [2.24, 2.45) is 29.4 Å². The summed E-state index contributed by atoms with van der Waals surface area (Å²) in [4.78, 5) is 94.1. The van der Waals surface area contributed by atoms with Gasteiger partial charge in [0, 0.05) is 83.4 Å². The number of rotatable bonds is 23. The lowest BCUT2D eigenvalue weighted by molar-refractivity contribution is -0.130. The van der Waals surface area contributed by atoms with Gasteiger partial charge < -0.3 is 47.1 Å². The molecule has 496 valence electrons. The molecule has 0 unspecified atom stereocenters. The lowest BCUT2D eigenvalue weighted by atomic mass is 9.81. The van der Waals surface area contributed by atoms with Gasteiger partial charge in [0.05, 0.1) is 0 Å². The van der Waals surface area contributed by atoms with Gasteiger partial charge >= 0.3 is 12.2 Å². The SMILES string of the molecule is CC(C)(C)OC(=O)NC[C@H]1CC[C@H](C(=O)N(c2ccc(-c3nnn[nH]3)cc2)[C@@H](Cc2cccc(Br)c2)C(N)=O)CC1.O=C(O)NC[C@H]1CC[C@H](C(=O)N[C@@H](Cc2cccc(-c3ccc(C(=O)NCCN4CCCCC4)cc3)c2)C(=O)Nc2ccc(-c3nnn[nH]3)cc2)CC1. The Morgan fingerprint density at radius 3 is 1.82 bits per heavy atom. The molecule has 2 saturated carbocycles. The molecule has 1 aliphatic heterocycles. The number of alkyl carbamates (subject to hydrolysis) is 1. The fourth-order valence-electron chi connectivity index (χ4n) is 12.2. The molecule has 3 fully saturated rings. The van der Waals surface area contributed by atoms with E-state index in [-0.39, 0.29) is 60.1 Å². The normalized spacial score (nSPS) is 18.0. The molecule has 25 nitrogen and oxygen atoms in total. The maximum atomic E-state index is 14.1. The highest BCUT2D eigenvalue weighted by Gasteiger charge is 2.37. The average Bonchev–Trinajstić information content (AvgIpc) is 1.32. The van der Waals surface area contributed by atoms with Crippen LogP contribution in [0.1, 0.15) is 113 Å². The van der Waals surface area contributed by atoms with Crippen molar-refractivity contribution in [1.29, 1.82) is 0 Å². The number of carbonyl (C=O) groups excluding carboxylic acids is 6. The number of piperidine rings is 1. The van der Waals surface area contributed by atoms with Crippen LogP contribution in [-0.4, -0.2) is 150 Å². The highest BCUT2D eigenvalue weighted by Crippen LogP contribution is 2.34. The number of anilines is 2. The second-order valence-electron chi connectivity index (χ2n) is 25.3. The van der Waals surface area contributed by atoms with Crippen LogP contribution in [-0.2, 0) is 36.8 Å². The number of halogens is 1. The van der Waals surface area contributed by atoms with Crippen molar-refractivity contribution in [3.8, 4) is 33.9 Å². The highest BCUT2D eigenvalue weighted by molar-refractivity contribution is 9.10. The van der Waals surface area contributed by atoms with E-state index in [1.165, 1.54) is 19.3 Å². The minimum absolute atomic E-state index is 0.0954. The second-order valence-corrected chi connectivity index (χ2v) is 26.2. The van der Waals surface area contributed by atoms with E-state index in [9.17, 15) is 33.6 Å². The van der Waals surface area contributed by atoms with E-state index in [0.29, 0.717) is 73.9 Å². The van der Waals surface area contributed by atoms with Crippen LogP contribution in [0.25, 0.3) is 33.9 Å². The number of ether oxygens (including phenoxy) is 1. The summed E-state index contributed by atoms with van der Waals surface area (Å²) in [5, 5.41) is 51.0. The first kappa shape index (κ1) is 68.9. The van der Waals surface area contributed by atoms with E-state index in [4.69, 9.17) is 15.6 Å². The van der Waals surface area contributed by atoms with Gasteiger partial charge in [0.25, 0.3) is 5.91 Å². The van der Waals surface area contributed by atoms with E-state index in [1.807, 2.05) is 93.6 Å². The third-order valence-electron chi connectivity index (χ3n) is 17.3. The monoisotopic (exact) mass is 1350 g/mol. The Morgan fingerprint density at radius 2 is 1.24 bits per heavy atom. The van der Waals surface area contributed by atoms with Crippen molar-refractivity contribution in [3.05, 3.63) is 142 Å². The van der Waals surface area contributed by atoms with Gasteiger partial charge in [0.15, 0.2) is 11.6 Å². The van der Waals surface area contributed by atoms with Crippen molar-refractivity contribution < 1.29 is 43.4 Å². The Hall–Kier alpha value is -9.43. The Bertz CT molecular complexity index is 3620. The van der Waals surface area contributed by atoms with Gasteiger partial charge in [0.1, 0.15) is 17.7 Å². The number of benzene rings is 5. The summed E-state index contributed by atoms with van der Waals surface area (Å²) in [6, 6.07) is 35.4. The molecular formula is C68H83BrN16O9. The second kappa shape index (κ2) is 33.4. The fourth-order valence-corrected chi connectivity index (χ4v) is 12.6. The first-order valence-electron chi connectivity index (χ1n) is 32.1. The van der Waals surface area contributed by atoms with Crippen molar-refractivity contribution in [2.75, 3.05) is 49.5 Å². The Kier molecular flexibility index (Phi) is 24.5. The van der Waals surface area contributed by atoms with Crippen molar-refractivity contribution in [3.63, 3.8) is 0 Å². The molecule has 7 amide bonds. The molecule has 0 radical (unpaired) electrons. The van der Waals surface area contributed by atoms with E-state index < -0.39 is 35.8 Å². The van der Waals surface area contributed by atoms with Crippen LogP contribution in [0.2, 0.25) is 0 Å². The standard InChI is InChI=1S/C39H47N9O5.C29H36BrN7O4/c49-36(40-19-22-48-20-2-1-3-21-48)30-13-11-28(12-14-30)32-6-4-5-27(23-32)24-34(43-37(50)31-9-7-26(8-10-31)25-41-39(52)53)38(51)42-33-17-15-29(16-18-33)35-44-46-47-45-35;1-29(2,3)41-28(40)32-17-18-7-9-21(10-8-18)27(39)37(23-13-11-20(12-14-23)26-33-35-36-34-26)24(25(31)38)16-19-5-4-6-22(30)15-19/h4-6,11-18,23,26,31,34,41H,1-3,7-10,19-22,24-25H2,(H,40,49)(H,42,51)(H,43,50)(H,52,53)(H,44,45,46,47);4-6,11-15,18,21,24H,7-10,16-17H2,1-3H3,(H2,31,38)(H,32,40)(H,33,34,35,36)/t26-,31-,34-;18-,21-,24-/m00/s1. The number of carboxylic acid groups (broad SMARTS) is 1. The highest BCUT2D eigenvalue weighted by atomic mass is 79.9. The number of H-pyrrole nitrogens is 2. The predicted molar refractivity (Wildman–Crippen MR) is 357 cm³/mol. The van der Waals surface area contributed by atoms with Gasteiger partial charge in [-0.25, -0.2) is 19.8 Å². The Labute approximate surface area is 554 Å². The van der Waals surface area contributed by atoms with Crippen LogP contribution in [0.4, 0.5) is 21.0 Å². The molecule has 3 aliphatic rings. The predicted octanol–water partition coefficient (Wildman–Crippen LogP) is 8.88. The molecule has 0 spiro atoms. The van der Waals surface area contributed by atoms with Crippen LogP contribution in [0.15, 0.2) is 126 Å². The van der Waals surface area contributed by atoms with Crippen molar-refractivity contribution in [2.45, 2.75) is 122 Å². The lowest BCUT2D eigenvalue weighted by Crippen LogP contribution is -2.52. The first-order valence-corrected chi connectivity index (χ1v) is 32.9. The average molecular weight is 1350 g/mol. The number of hydrogen-bond donors (Lipinski definition) is 9. The number of nitrogens with zero attached hydrogens (tertiary/aromatic N) is 8. The molecule has 2 aliphatic carbocycles. The van der Waals surface area contributed by atoms with Crippen LogP contribution in [0.5, 0.6) is 0 Å². The lowest BCUT2D eigenvalue weighted by Gasteiger charge is -2.36. The molecule has 3 heterocycles. The van der Waals surface area contributed by atoms with Gasteiger partial charge in [-0.1, -0.05) is 70.9 Å². The van der Waals surface area contributed by atoms with Crippen LogP contribution >= 0.6 is 15.9 Å². The molecule has 2 atom stereocenters. The van der Waals surface area contributed by atoms with Crippen LogP contribution < -0.4 is 37.2 Å². The third kappa shape index (κ3) is 20.5. The smallest absolute Gasteiger partial charge is 0.407 e. The maximum Gasteiger partial charge on any atom is 0.407 e. The van der Waals surface area contributed by atoms with Gasteiger partial charge in [0.2, 0.25) is 23.6 Å². The number of nitrogens with one attached hydrogen (secondary N) is 7. The number of carbonyl (C=O) groups is 7. The molecule has 0 bridgehead atoms. The summed E-state index contributed by atoms with van der Waals surface area (Å²) >= 11 is 3.48. The molecule has 2 aromatic heterocycles. The van der Waals surface area contributed by atoms with Crippen LogP contribution in [0, 0.1) is 23.7 Å². The zero-order chi connectivity index (χ0) is 66.6. The number of tetrazole rings is 2. The number of aromatic amines is 2. The number of hydrogen-bond acceptors (Lipinski definition) is 15. The topological polar surface area (TPSA) is 351 Å². The zero-order valence-electron chi connectivity index (χ0n) is 53.2. The van der Waals surface area contributed by atoms with Gasteiger partial charge in [-0.3, -0.25) is 28.9 Å². The summed E-state index contributed by atoms with van der Waals surface area (Å²) in [7, 11) is 0. The van der Waals surface area contributed by atoms with Gasteiger partial charge in [-0.05, 0) is 226 Å². The third-order valence-corrected chi connectivity index (χ3v) is 17.8. The number of primary amides is 1. The largest absolute Gasteiger partial charge is 0.465 e. The zero-order valence-corrected chi connectivity index (χ0v) is 54.8. The molecule has 94 heavy (non-hydrogen) atoms. The molecule has 10 N–H and O–H groups in total. The fraction of sp³-hybridized carbons (Fsp3) is 0.426. The summed E-state index contributed by atoms with van der Waals surface area (Å²) in [5.41, 5.74) is 12.2. The van der Waals surface area contributed by atoms with Crippen LogP contribution in [0.3, 0.4) is 0 Å². The first-order chi connectivity index (χ1) is 45.3. The molecule has 26 heteroatoms. The van der Waals surface area contributed by atoms with E-state index in [0.717, 1.165) is 83.2 Å². The molecule has 1 saturated heterocycles. The number of aromatic nitrogens is 8. The summed E-state index contributed by atoms with van der Waals surface area (Å²) in [6.07, 6.45) is 8.25.